The molecule has 0 aromatic rings. The molecule has 0 radical (unpaired) electrons. The lowest BCUT2D eigenvalue weighted by molar-refractivity contribution is -0.154. The van der Waals surface area contributed by atoms with E-state index in [1.54, 1.807) is 48.5 Å². The smallest absolute Gasteiger partial charge is 0.438 e. The van der Waals surface area contributed by atoms with E-state index in [1.165, 1.54) is 89.8 Å². The maximum atomic E-state index is 15.2. The van der Waals surface area contributed by atoms with Crippen molar-refractivity contribution in [2.45, 2.75) is 254 Å². The molecule has 2 rings (SSSR count). The number of nitrogens with one attached hydrogen (secondary N) is 5. The summed E-state index contributed by atoms with van der Waals surface area (Å²) in [6, 6.07) is -14.6. The van der Waals surface area contributed by atoms with Crippen LogP contribution in [0.4, 0.5) is 4.79 Å². The summed E-state index contributed by atoms with van der Waals surface area (Å²) in [5.41, 5.74) is 0. The molecule has 29 nitrogen and oxygen atoms in total. The van der Waals surface area contributed by atoms with Crippen LogP contribution in [0.2, 0.25) is 0 Å². The Labute approximate surface area is 596 Å². The van der Waals surface area contributed by atoms with Gasteiger partial charge in [-0.2, -0.15) is 0 Å². The van der Waals surface area contributed by atoms with Gasteiger partial charge in [0.1, 0.15) is 66.5 Å². The summed E-state index contributed by atoms with van der Waals surface area (Å²) >= 11 is 0. The van der Waals surface area contributed by atoms with Crippen molar-refractivity contribution in [3.8, 4) is 0 Å². The molecule has 0 aromatic heterocycles. The zero-order chi connectivity index (χ0) is 76.3. The number of aliphatic hydroxyl groups excluding tert-OH is 1. The molecule has 14 atom stereocenters. The van der Waals surface area contributed by atoms with Crippen molar-refractivity contribution in [1.82, 2.24) is 60.9 Å². The Kier molecular flexibility index (Phi) is 38.7. The average Bonchev–Trinajstić information content (AvgIpc) is 0.811. The van der Waals surface area contributed by atoms with Crippen LogP contribution in [0.25, 0.3) is 0 Å². The molecule has 0 aromatic carbocycles. The van der Waals surface area contributed by atoms with E-state index in [4.69, 9.17) is 14.2 Å². The largest absolute Gasteiger partial charge is 0.507 e. The van der Waals surface area contributed by atoms with E-state index < -0.39 is 168 Å². The highest BCUT2D eigenvalue weighted by atomic mass is 16.7. The number of carbonyl (C=O) groups is 12. The van der Waals surface area contributed by atoms with Gasteiger partial charge in [0.25, 0.3) is 0 Å². The molecule has 11 amide bonds. The van der Waals surface area contributed by atoms with Crippen molar-refractivity contribution in [1.29, 1.82) is 0 Å². The van der Waals surface area contributed by atoms with E-state index in [2.05, 4.69) is 36.2 Å². The highest BCUT2D eigenvalue weighted by Crippen LogP contribution is 2.25. The standard InChI is InChI=1S/C71H128N12O17/c1-24-51-67(92)77(17)49(15)66(91)82(22)58(50(16)99-34-29-27-31-83-32-36-98-37-33-83)64(89)75-55(44(8)9)70(95)78(18)52(38-41(2)3)61(86)72-47(13)60(85)73-48(14)65(90)79(19)53(39-42(4)5)68(93)80(20)54(40-43(6)7)69(94)81(21)57(45(10)11)63(88)76-56(62(87)74-51)59(84)46(12)30-26-25-28-35-100-71(96)97-23/h41-59,84H,24-40H2,1-23H3,(H,72,86)(H,73,85)(H,74,87)(H,75,89)(H,76,88)/t46-,47+,48-,49-,50-,51+,52+,53+,54+,55+,56+,57+,58+,59-/m1/s1. The number of amides is 11. The number of hydrogen-bond acceptors (Lipinski definition) is 18. The summed E-state index contributed by atoms with van der Waals surface area (Å²) in [7, 11) is 9.63. The predicted molar refractivity (Wildman–Crippen MR) is 378 cm³/mol. The average molecular weight is 1420 g/mol. The number of likely N-dealkylation sites (N-methyl/N-ethyl adjacent to an activating group) is 6. The summed E-state index contributed by atoms with van der Waals surface area (Å²) in [6.07, 6.45) is 0.0481. The summed E-state index contributed by atoms with van der Waals surface area (Å²) in [5.74, 6) is -10.6. The van der Waals surface area contributed by atoms with Crippen LogP contribution in [-0.2, 0) is 71.7 Å². The maximum absolute atomic E-state index is 15.2. The Morgan fingerprint density at radius 3 is 1.52 bits per heavy atom. The molecule has 2 aliphatic rings. The second kappa shape index (κ2) is 43.3. The van der Waals surface area contributed by atoms with Gasteiger partial charge in [-0.25, -0.2) is 4.79 Å². The minimum Gasteiger partial charge on any atom is -0.438 e. The summed E-state index contributed by atoms with van der Waals surface area (Å²) < 4.78 is 21.4. The Balaban J connectivity index is 2.98. The minimum absolute atomic E-state index is 0.0454. The van der Waals surface area contributed by atoms with Gasteiger partial charge in [0, 0.05) is 62.0 Å². The van der Waals surface area contributed by atoms with Gasteiger partial charge < -0.3 is 80.0 Å². The number of ether oxygens (including phenoxy) is 4. The van der Waals surface area contributed by atoms with Gasteiger partial charge in [0.2, 0.25) is 65.0 Å². The molecular weight excluding hydrogens is 1290 g/mol. The number of nitrogens with zero attached hydrogens (tertiary/aromatic N) is 7. The molecule has 2 heterocycles. The lowest BCUT2D eigenvalue weighted by Crippen LogP contribution is -2.64. The SMILES string of the molecule is CC[C@@H]1NC(=O)[C@H]([C@H](O)[C@H](C)CCCCCOC(=O)OC)NC(=O)[C@H](C(C)C)N(C)C(=O)[C@H](CC(C)C)N(C)C(=O)[C@H](CC(C)C)N(C)C(=O)[C@@H](C)NC(=O)[C@H](C)NC(=O)[C@H](CC(C)C)N(C)C(=O)[C@H](C(C)C)NC(=O)[C@H]([C@@H](C)OCCCCN2CCOCC2)N(C)C(=O)[C@@H](C)N(C)C1=O. The van der Waals surface area contributed by atoms with Crippen LogP contribution in [0.5, 0.6) is 0 Å². The first kappa shape index (κ1) is 89.4. The van der Waals surface area contributed by atoms with Gasteiger partial charge in [-0.05, 0) is 121 Å². The third kappa shape index (κ3) is 26.9. The van der Waals surface area contributed by atoms with E-state index in [-0.39, 0.29) is 56.7 Å². The first-order chi connectivity index (χ1) is 46.7. The van der Waals surface area contributed by atoms with Gasteiger partial charge >= 0.3 is 6.16 Å². The fourth-order valence-electron chi connectivity index (χ4n) is 12.6. The van der Waals surface area contributed by atoms with Crippen LogP contribution in [0.15, 0.2) is 0 Å². The lowest BCUT2D eigenvalue weighted by Gasteiger charge is -2.40. The van der Waals surface area contributed by atoms with Gasteiger partial charge in [-0.1, -0.05) is 95.9 Å². The molecule has 2 saturated heterocycles. The number of aliphatic hydroxyl groups is 1. The third-order valence-corrected chi connectivity index (χ3v) is 19.1. The Hall–Kier alpha value is -6.72. The van der Waals surface area contributed by atoms with Crippen molar-refractivity contribution in [2.24, 2.45) is 35.5 Å². The van der Waals surface area contributed by atoms with Crippen LogP contribution >= 0.6 is 0 Å². The highest BCUT2D eigenvalue weighted by molar-refractivity contribution is 6.00. The Morgan fingerprint density at radius 2 is 0.990 bits per heavy atom. The second-order valence-electron chi connectivity index (χ2n) is 29.4. The zero-order valence-corrected chi connectivity index (χ0v) is 64.6. The number of hydrogen-bond donors (Lipinski definition) is 6. The molecule has 574 valence electrons. The van der Waals surface area contributed by atoms with Gasteiger partial charge in [-0.3, -0.25) is 57.6 Å². The number of methoxy groups -OCH3 is 1. The van der Waals surface area contributed by atoms with Crippen molar-refractivity contribution >= 4 is 71.1 Å². The van der Waals surface area contributed by atoms with Crippen LogP contribution < -0.4 is 26.6 Å². The van der Waals surface area contributed by atoms with Gasteiger partial charge in [-0.15, -0.1) is 0 Å². The first-order valence-electron chi connectivity index (χ1n) is 36.1. The van der Waals surface area contributed by atoms with Crippen LogP contribution in [0, 0.1) is 35.5 Å². The minimum atomic E-state index is -1.75. The molecule has 2 aliphatic heterocycles. The highest BCUT2D eigenvalue weighted by Gasteiger charge is 2.45. The lowest BCUT2D eigenvalue weighted by atomic mass is 9.91. The number of unbranched alkanes of at least 4 members (excludes halogenated alkanes) is 3. The Morgan fingerprint density at radius 1 is 0.500 bits per heavy atom. The van der Waals surface area contributed by atoms with E-state index in [1.807, 2.05) is 41.5 Å². The zero-order valence-electron chi connectivity index (χ0n) is 64.6. The first-order valence-corrected chi connectivity index (χ1v) is 36.1. The van der Waals surface area contributed by atoms with E-state index in [9.17, 15) is 43.5 Å². The number of carbonyl (C=O) groups excluding carboxylic acids is 12. The van der Waals surface area contributed by atoms with Crippen molar-refractivity contribution < 1.29 is 81.6 Å². The van der Waals surface area contributed by atoms with Gasteiger partial charge in [0.05, 0.1) is 39.1 Å². The third-order valence-electron chi connectivity index (χ3n) is 19.1. The van der Waals surface area contributed by atoms with Crippen molar-refractivity contribution in [2.75, 3.05) is 95.5 Å². The van der Waals surface area contributed by atoms with Crippen LogP contribution in [0.1, 0.15) is 175 Å². The van der Waals surface area contributed by atoms with Gasteiger partial charge in [0.15, 0.2) is 0 Å². The molecular formula is C71H128N12O17. The summed E-state index contributed by atoms with van der Waals surface area (Å²) in [5, 5.41) is 26.0. The topological polar surface area (TPSA) is 345 Å². The molecule has 0 bridgehead atoms. The number of morpholine rings is 1. The number of rotatable bonds is 24. The van der Waals surface area contributed by atoms with Crippen LogP contribution in [0.3, 0.4) is 0 Å². The molecule has 0 aliphatic carbocycles. The monoisotopic (exact) mass is 1420 g/mol. The quantitative estimate of drug-likeness (QED) is 0.0597. The van der Waals surface area contributed by atoms with E-state index in [0.717, 1.165) is 35.9 Å². The second-order valence-corrected chi connectivity index (χ2v) is 29.4. The fraction of sp³-hybridized carbons (Fsp3) is 0.831. The molecule has 6 N–H and O–H groups in total. The normalized spacial score (nSPS) is 26.5. The molecule has 2 fully saturated rings. The maximum Gasteiger partial charge on any atom is 0.507 e. The predicted octanol–water partition coefficient (Wildman–Crippen LogP) is 3.16. The van der Waals surface area contributed by atoms with Crippen LogP contribution in [-0.4, -0.2) is 285 Å². The van der Waals surface area contributed by atoms with E-state index >= 15 is 19.2 Å². The molecule has 29 heteroatoms. The van der Waals surface area contributed by atoms with Crippen molar-refractivity contribution in [3.63, 3.8) is 0 Å². The Bertz CT molecular complexity index is 2680. The molecule has 0 saturated carbocycles. The fourth-order valence-corrected chi connectivity index (χ4v) is 12.6. The summed E-state index contributed by atoms with van der Waals surface area (Å²) in [6.45, 7) is 31.1. The summed E-state index contributed by atoms with van der Waals surface area (Å²) in [4.78, 5) is 184. The van der Waals surface area contributed by atoms with E-state index in [0.29, 0.717) is 45.3 Å². The molecule has 0 spiro atoms. The van der Waals surface area contributed by atoms with Crippen molar-refractivity contribution in [3.05, 3.63) is 0 Å². The molecule has 100 heavy (non-hydrogen) atoms. The molecule has 0 unspecified atom stereocenters.